The Bertz CT molecular complexity index is 1080. The molecule has 0 atom stereocenters. The highest BCUT2D eigenvalue weighted by molar-refractivity contribution is 7.17. The maximum Gasteiger partial charge on any atom is 0.350 e. The van der Waals surface area contributed by atoms with Gasteiger partial charge in [-0.2, -0.15) is 0 Å². The van der Waals surface area contributed by atoms with E-state index >= 15 is 0 Å². The Labute approximate surface area is 176 Å². The summed E-state index contributed by atoms with van der Waals surface area (Å²) in [5.41, 5.74) is 1.87. The first kappa shape index (κ1) is 20.0. The summed E-state index contributed by atoms with van der Waals surface area (Å²) >= 11 is 1.17. The molecule has 0 radical (unpaired) electrons. The molecule has 0 aromatic carbocycles. The average Bonchev–Trinajstić information content (AvgIpc) is 3.52. The number of hydrogen-bond acceptors (Lipinski definition) is 7. The van der Waals surface area contributed by atoms with Gasteiger partial charge in [0.25, 0.3) is 5.91 Å². The van der Waals surface area contributed by atoms with E-state index in [-0.39, 0.29) is 11.7 Å². The third kappa shape index (κ3) is 4.16. The molecule has 1 aliphatic rings. The van der Waals surface area contributed by atoms with Crippen LogP contribution in [-0.2, 0) is 4.74 Å². The zero-order chi connectivity index (χ0) is 21.1. The number of hydrogen-bond donors (Lipinski definition) is 1. The number of ketones is 1. The minimum Gasteiger partial charge on any atom is -0.453 e. The number of carbonyl (C=O) groups excluding carboxylic acids is 3. The highest BCUT2D eigenvalue weighted by Crippen LogP contribution is 2.27. The molecule has 1 saturated heterocycles. The minimum absolute atomic E-state index is 0.120. The molecule has 3 aromatic heterocycles. The Morgan fingerprint density at radius 2 is 2.03 bits per heavy atom. The van der Waals surface area contributed by atoms with Gasteiger partial charge in [-0.05, 0) is 38.0 Å². The first-order valence-corrected chi connectivity index (χ1v) is 10.4. The van der Waals surface area contributed by atoms with Gasteiger partial charge in [-0.3, -0.25) is 14.6 Å². The van der Waals surface area contributed by atoms with Crippen LogP contribution in [0.3, 0.4) is 0 Å². The summed E-state index contributed by atoms with van der Waals surface area (Å²) in [6, 6.07) is 6.96. The molecule has 8 nitrogen and oxygen atoms in total. The Morgan fingerprint density at radius 1 is 1.23 bits per heavy atom. The molecule has 0 saturated carbocycles. The predicted octanol–water partition coefficient (Wildman–Crippen LogP) is 3.12. The van der Waals surface area contributed by atoms with E-state index in [1.807, 2.05) is 12.1 Å². The maximum atomic E-state index is 12.4. The maximum absolute atomic E-state index is 12.4. The van der Waals surface area contributed by atoms with Gasteiger partial charge < -0.3 is 14.6 Å². The second-order valence-electron chi connectivity index (χ2n) is 6.95. The molecule has 4 heterocycles. The quantitative estimate of drug-likeness (QED) is 0.481. The van der Waals surface area contributed by atoms with E-state index < -0.39 is 12.6 Å². The van der Waals surface area contributed by atoms with E-state index in [0.717, 1.165) is 25.9 Å². The number of nitrogens with zero attached hydrogens (tertiary/aromatic N) is 3. The summed E-state index contributed by atoms with van der Waals surface area (Å²) in [6.07, 6.45) is 5.11. The van der Waals surface area contributed by atoms with Gasteiger partial charge in [0.1, 0.15) is 15.6 Å². The SMILES string of the molecule is Cc1nc(-c2ccccn2)sc1C(=O)OCC(=O)c1c[nH]c(C(=O)N2CCCC2)c1. The normalized spacial score (nSPS) is 13.4. The lowest BCUT2D eigenvalue weighted by atomic mass is 10.2. The average molecular weight is 424 g/mol. The number of carbonyl (C=O) groups is 3. The first-order valence-electron chi connectivity index (χ1n) is 9.60. The summed E-state index contributed by atoms with van der Waals surface area (Å²) in [5.74, 6) is -1.11. The minimum atomic E-state index is -0.607. The summed E-state index contributed by atoms with van der Waals surface area (Å²) in [6.45, 7) is 2.76. The predicted molar refractivity (Wildman–Crippen MR) is 111 cm³/mol. The van der Waals surface area contributed by atoms with E-state index in [1.165, 1.54) is 23.6 Å². The highest BCUT2D eigenvalue weighted by Gasteiger charge is 2.23. The van der Waals surface area contributed by atoms with Crippen molar-refractivity contribution < 1.29 is 19.1 Å². The number of nitrogens with one attached hydrogen (secondary N) is 1. The molecule has 1 aliphatic heterocycles. The van der Waals surface area contributed by atoms with Crippen LogP contribution in [0.1, 0.15) is 49.1 Å². The monoisotopic (exact) mass is 424 g/mol. The van der Waals surface area contributed by atoms with Gasteiger partial charge in [-0.15, -0.1) is 11.3 Å². The number of esters is 1. The van der Waals surface area contributed by atoms with Crippen LogP contribution in [0.2, 0.25) is 0 Å². The van der Waals surface area contributed by atoms with Crippen molar-refractivity contribution in [2.45, 2.75) is 19.8 Å². The van der Waals surface area contributed by atoms with E-state index in [1.54, 1.807) is 24.1 Å². The second kappa shape index (κ2) is 8.58. The molecule has 154 valence electrons. The largest absolute Gasteiger partial charge is 0.453 e. The van der Waals surface area contributed by atoms with Gasteiger partial charge in [0.15, 0.2) is 6.61 Å². The highest BCUT2D eigenvalue weighted by atomic mass is 32.1. The van der Waals surface area contributed by atoms with Gasteiger partial charge >= 0.3 is 5.97 Å². The number of aromatic amines is 1. The van der Waals surface area contributed by atoms with Crippen LogP contribution in [0.5, 0.6) is 0 Å². The van der Waals surface area contributed by atoms with Crippen molar-refractivity contribution in [2.75, 3.05) is 19.7 Å². The van der Waals surface area contributed by atoms with Crippen LogP contribution < -0.4 is 0 Å². The van der Waals surface area contributed by atoms with Crippen molar-refractivity contribution in [3.63, 3.8) is 0 Å². The lowest BCUT2D eigenvalue weighted by Gasteiger charge is -2.13. The van der Waals surface area contributed by atoms with E-state index in [2.05, 4.69) is 15.0 Å². The molecule has 1 N–H and O–H groups in total. The number of amides is 1. The Kier molecular flexibility index (Phi) is 5.71. The molecular weight excluding hydrogens is 404 g/mol. The van der Waals surface area contributed by atoms with Gasteiger partial charge in [-0.25, -0.2) is 9.78 Å². The number of Topliss-reactive ketones (excluding diaryl/α,β-unsaturated/α-hetero) is 1. The fourth-order valence-corrected chi connectivity index (χ4v) is 4.17. The smallest absolute Gasteiger partial charge is 0.350 e. The zero-order valence-electron chi connectivity index (χ0n) is 16.4. The van der Waals surface area contributed by atoms with Crippen molar-refractivity contribution in [1.82, 2.24) is 19.9 Å². The lowest BCUT2D eigenvalue weighted by Crippen LogP contribution is -2.27. The fraction of sp³-hybridized carbons (Fsp3) is 0.286. The first-order chi connectivity index (χ1) is 14.5. The Morgan fingerprint density at radius 3 is 2.77 bits per heavy atom. The molecule has 9 heteroatoms. The standard InChI is InChI=1S/C21H20N4O4S/c1-13-18(30-19(24-13)15-6-2-3-7-22-15)21(28)29-12-17(26)14-10-16(23-11-14)20(27)25-8-4-5-9-25/h2-3,6-7,10-11,23H,4-5,8-9,12H2,1H3. The molecule has 0 aliphatic carbocycles. The van der Waals surface area contributed by atoms with Crippen molar-refractivity contribution in [2.24, 2.45) is 0 Å². The summed E-state index contributed by atoms with van der Waals surface area (Å²) < 4.78 is 5.20. The van der Waals surface area contributed by atoms with Crippen LogP contribution in [0.4, 0.5) is 0 Å². The molecule has 1 amide bonds. The zero-order valence-corrected chi connectivity index (χ0v) is 17.2. The van der Waals surface area contributed by atoms with Crippen LogP contribution in [0.15, 0.2) is 36.7 Å². The molecule has 0 unspecified atom stereocenters. The number of thiazole rings is 1. The number of aromatic nitrogens is 3. The van der Waals surface area contributed by atoms with Gasteiger partial charge in [0.05, 0.1) is 11.4 Å². The number of aryl methyl sites for hydroxylation is 1. The van der Waals surface area contributed by atoms with Gasteiger partial charge in [-0.1, -0.05) is 6.07 Å². The number of ether oxygens (including phenoxy) is 1. The van der Waals surface area contributed by atoms with E-state index in [0.29, 0.717) is 32.5 Å². The molecule has 3 aromatic rings. The summed E-state index contributed by atoms with van der Waals surface area (Å²) in [7, 11) is 0. The Hall–Kier alpha value is -3.33. The number of likely N-dealkylation sites (tertiary alicyclic amines) is 1. The van der Waals surface area contributed by atoms with Crippen LogP contribution in [-0.4, -0.2) is 57.2 Å². The van der Waals surface area contributed by atoms with Gasteiger partial charge in [0, 0.05) is 31.0 Å². The second-order valence-corrected chi connectivity index (χ2v) is 7.95. The van der Waals surface area contributed by atoms with Crippen molar-refractivity contribution in [3.05, 3.63) is 58.5 Å². The number of pyridine rings is 1. The third-order valence-corrected chi connectivity index (χ3v) is 5.99. The number of H-pyrrole nitrogens is 1. The topological polar surface area (TPSA) is 105 Å². The Balaban J connectivity index is 1.38. The van der Waals surface area contributed by atoms with Crippen LogP contribution in [0, 0.1) is 6.92 Å². The molecule has 1 fully saturated rings. The van der Waals surface area contributed by atoms with Crippen molar-refractivity contribution in [1.29, 1.82) is 0 Å². The molecule has 30 heavy (non-hydrogen) atoms. The molecular formula is C21H20N4O4S. The van der Waals surface area contributed by atoms with Crippen molar-refractivity contribution in [3.8, 4) is 10.7 Å². The lowest BCUT2D eigenvalue weighted by molar-refractivity contribution is 0.0478. The van der Waals surface area contributed by atoms with Crippen LogP contribution in [0.25, 0.3) is 10.7 Å². The van der Waals surface area contributed by atoms with E-state index in [4.69, 9.17) is 4.74 Å². The van der Waals surface area contributed by atoms with Crippen LogP contribution >= 0.6 is 11.3 Å². The third-order valence-electron chi connectivity index (χ3n) is 4.83. The summed E-state index contributed by atoms with van der Waals surface area (Å²) in [4.78, 5) is 50.8. The van der Waals surface area contributed by atoms with E-state index in [9.17, 15) is 14.4 Å². The molecule has 4 rings (SSSR count). The number of rotatable bonds is 6. The fourth-order valence-electron chi connectivity index (χ4n) is 3.23. The van der Waals surface area contributed by atoms with Gasteiger partial charge in [0.2, 0.25) is 5.78 Å². The summed E-state index contributed by atoms with van der Waals surface area (Å²) in [5, 5.41) is 0.613. The molecule has 0 bridgehead atoms. The van der Waals surface area contributed by atoms with Crippen molar-refractivity contribution >= 4 is 29.0 Å². The molecule has 0 spiro atoms.